The van der Waals surface area contributed by atoms with Gasteiger partial charge in [-0.05, 0) is 32.0 Å². The average Bonchev–Trinajstić information content (AvgIpc) is 2.45. The third kappa shape index (κ3) is 4.35. The number of nitrogens with one attached hydrogen (secondary N) is 1. The molecule has 3 N–H and O–H groups in total. The van der Waals surface area contributed by atoms with Crippen molar-refractivity contribution < 1.29 is 29.3 Å². The normalized spacial score (nSPS) is 13.1. The number of benzene rings is 1. The van der Waals surface area contributed by atoms with Crippen LogP contribution in [0.15, 0.2) is 18.2 Å². The first-order chi connectivity index (χ1) is 9.81. The topological polar surface area (TPSA) is 105 Å². The van der Waals surface area contributed by atoms with Crippen molar-refractivity contribution in [3.63, 3.8) is 0 Å². The van der Waals surface area contributed by atoms with E-state index in [0.717, 1.165) is 6.92 Å². The minimum atomic E-state index is -2.02. The SMILES string of the molecule is CCOc1cc(C(=O)NCC(C)(O)C(=O)O)ccc1OC. The maximum atomic E-state index is 12.0. The highest BCUT2D eigenvalue weighted by atomic mass is 16.5. The summed E-state index contributed by atoms with van der Waals surface area (Å²) < 4.78 is 10.5. The maximum Gasteiger partial charge on any atom is 0.337 e. The second-order valence-electron chi connectivity index (χ2n) is 4.56. The zero-order valence-electron chi connectivity index (χ0n) is 12.2. The molecule has 7 heteroatoms. The second kappa shape index (κ2) is 6.94. The number of rotatable bonds is 7. The van der Waals surface area contributed by atoms with Gasteiger partial charge in [0.15, 0.2) is 17.1 Å². The van der Waals surface area contributed by atoms with Crippen LogP contribution >= 0.6 is 0 Å². The highest BCUT2D eigenvalue weighted by molar-refractivity contribution is 5.95. The number of amides is 1. The van der Waals surface area contributed by atoms with Crippen LogP contribution in [-0.4, -0.2) is 48.0 Å². The molecule has 0 aliphatic carbocycles. The lowest BCUT2D eigenvalue weighted by atomic mass is 10.1. The van der Waals surface area contributed by atoms with Gasteiger partial charge in [0.1, 0.15) is 0 Å². The Labute approximate surface area is 122 Å². The summed E-state index contributed by atoms with van der Waals surface area (Å²) in [5.41, 5.74) is -1.74. The molecule has 1 unspecified atom stereocenters. The van der Waals surface area contributed by atoms with E-state index in [1.807, 2.05) is 0 Å². The van der Waals surface area contributed by atoms with Crippen molar-refractivity contribution in [2.24, 2.45) is 0 Å². The molecule has 1 rings (SSSR count). The molecule has 0 radical (unpaired) electrons. The molecule has 0 aliphatic rings. The highest BCUT2D eigenvalue weighted by Crippen LogP contribution is 2.28. The molecule has 0 heterocycles. The maximum absolute atomic E-state index is 12.0. The molecule has 1 atom stereocenters. The van der Waals surface area contributed by atoms with E-state index in [9.17, 15) is 14.7 Å². The van der Waals surface area contributed by atoms with E-state index >= 15 is 0 Å². The smallest absolute Gasteiger partial charge is 0.337 e. The first-order valence-electron chi connectivity index (χ1n) is 6.36. The van der Waals surface area contributed by atoms with Crippen molar-refractivity contribution in [3.8, 4) is 11.5 Å². The van der Waals surface area contributed by atoms with Gasteiger partial charge >= 0.3 is 5.97 Å². The van der Waals surface area contributed by atoms with Gasteiger partial charge in [0.2, 0.25) is 0 Å². The zero-order chi connectivity index (χ0) is 16.0. The number of aliphatic carboxylic acids is 1. The Morgan fingerprint density at radius 1 is 1.33 bits per heavy atom. The van der Waals surface area contributed by atoms with Gasteiger partial charge in [-0.3, -0.25) is 4.79 Å². The quantitative estimate of drug-likeness (QED) is 0.683. The fourth-order valence-corrected chi connectivity index (χ4v) is 1.52. The Morgan fingerprint density at radius 2 is 2.00 bits per heavy atom. The molecule has 21 heavy (non-hydrogen) atoms. The van der Waals surface area contributed by atoms with E-state index in [4.69, 9.17) is 14.6 Å². The summed E-state index contributed by atoms with van der Waals surface area (Å²) >= 11 is 0. The fraction of sp³-hybridized carbons (Fsp3) is 0.429. The minimum Gasteiger partial charge on any atom is -0.493 e. The van der Waals surface area contributed by atoms with Gasteiger partial charge in [0.25, 0.3) is 5.91 Å². The lowest BCUT2D eigenvalue weighted by Gasteiger charge is -2.18. The first-order valence-corrected chi connectivity index (χ1v) is 6.36. The van der Waals surface area contributed by atoms with Crippen LogP contribution in [0.2, 0.25) is 0 Å². The standard InChI is InChI=1S/C14H19NO6/c1-4-21-11-7-9(5-6-10(11)20-3)12(16)15-8-14(2,19)13(17)18/h5-7,19H,4,8H2,1-3H3,(H,15,16)(H,17,18). The van der Waals surface area contributed by atoms with Crippen molar-refractivity contribution in [1.29, 1.82) is 0 Å². The summed E-state index contributed by atoms with van der Waals surface area (Å²) in [5.74, 6) is -1.02. The molecule has 0 aliphatic heterocycles. The van der Waals surface area contributed by atoms with Gasteiger partial charge in [0, 0.05) is 5.56 Å². The Morgan fingerprint density at radius 3 is 2.52 bits per heavy atom. The number of methoxy groups -OCH3 is 1. The molecule has 0 spiro atoms. The minimum absolute atomic E-state index is 0.278. The van der Waals surface area contributed by atoms with Crippen molar-refractivity contribution in [3.05, 3.63) is 23.8 Å². The second-order valence-corrected chi connectivity index (χ2v) is 4.56. The average molecular weight is 297 g/mol. The number of carboxylic acid groups (broad SMARTS) is 1. The first kappa shape index (κ1) is 16.8. The summed E-state index contributed by atoms with van der Waals surface area (Å²) in [6.07, 6.45) is 0. The fourth-order valence-electron chi connectivity index (χ4n) is 1.52. The number of aliphatic hydroxyl groups is 1. The zero-order valence-corrected chi connectivity index (χ0v) is 12.2. The Hall–Kier alpha value is -2.28. The number of carbonyl (C=O) groups excluding carboxylic acids is 1. The number of carboxylic acids is 1. The highest BCUT2D eigenvalue weighted by Gasteiger charge is 2.30. The van der Waals surface area contributed by atoms with Crippen LogP contribution in [0.4, 0.5) is 0 Å². The van der Waals surface area contributed by atoms with Crippen LogP contribution in [0.25, 0.3) is 0 Å². The summed E-state index contributed by atoms with van der Waals surface area (Å²) in [6.45, 7) is 2.91. The Kier molecular flexibility index (Phi) is 5.54. The van der Waals surface area contributed by atoms with E-state index in [-0.39, 0.29) is 5.56 Å². The molecule has 0 fully saturated rings. The van der Waals surface area contributed by atoms with Crippen molar-refractivity contribution in [1.82, 2.24) is 5.32 Å². The molecular formula is C14H19NO6. The van der Waals surface area contributed by atoms with Crippen LogP contribution < -0.4 is 14.8 Å². The lowest BCUT2D eigenvalue weighted by molar-refractivity contribution is -0.155. The third-order valence-electron chi connectivity index (χ3n) is 2.78. The van der Waals surface area contributed by atoms with E-state index in [2.05, 4.69) is 5.32 Å². The summed E-state index contributed by atoms with van der Waals surface area (Å²) in [6, 6.07) is 4.59. The van der Waals surface area contributed by atoms with Gasteiger partial charge in [-0.2, -0.15) is 0 Å². The van der Waals surface area contributed by atoms with Gasteiger partial charge < -0.3 is 25.0 Å². The molecule has 0 aromatic heterocycles. The molecule has 116 valence electrons. The summed E-state index contributed by atoms with van der Waals surface area (Å²) in [4.78, 5) is 22.7. The number of hydrogen-bond acceptors (Lipinski definition) is 5. The molecule has 0 bridgehead atoms. The van der Waals surface area contributed by atoms with Crippen LogP contribution in [0.1, 0.15) is 24.2 Å². The monoisotopic (exact) mass is 297 g/mol. The summed E-state index contributed by atoms with van der Waals surface area (Å²) in [7, 11) is 1.49. The van der Waals surface area contributed by atoms with Crippen molar-refractivity contribution >= 4 is 11.9 Å². The third-order valence-corrected chi connectivity index (χ3v) is 2.78. The number of carbonyl (C=O) groups is 2. The van der Waals surface area contributed by atoms with Gasteiger partial charge in [-0.1, -0.05) is 0 Å². The molecular weight excluding hydrogens is 278 g/mol. The van der Waals surface area contributed by atoms with E-state index in [1.54, 1.807) is 13.0 Å². The lowest BCUT2D eigenvalue weighted by Crippen LogP contribution is -2.46. The van der Waals surface area contributed by atoms with Crippen LogP contribution in [-0.2, 0) is 4.79 Å². The van der Waals surface area contributed by atoms with Crippen LogP contribution in [0.5, 0.6) is 11.5 Å². The predicted molar refractivity (Wildman–Crippen MR) is 74.8 cm³/mol. The van der Waals surface area contributed by atoms with Crippen molar-refractivity contribution in [2.75, 3.05) is 20.3 Å². The number of hydrogen-bond donors (Lipinski definition) is 3. The van der Waals surface area contributed by atoms with Gasteiger partial charge in [-0.25, -0.2) is 4.79 Å². The van der Waals surface area contributed by atoms with Crippen molar-refractivity contribution in [2.45, 2.75) is 19.4 Å². The van der Waals surface area contributed by atoms with Crippen LogP contribution in [0, 0.1) is 0 Å². The Bertz CT molecular complexity index is 526. The molecule has 1 aromatic carbocycles. The molecule has 0 saturated heterocycles. The van der Waals surface area contributed by atoms with Gasteiger partial charge in [-0.15, -0.1) is 0 Å². The van der Waals surface area contributed by atoms with E-state index in [1.165, 1.54) is 19.2 Å². The largest absolute Gasteiger partial charge is 0.493 e. The van der Waals surface area contributed by atoms with Crippen LogP contribution in [0.3, 0.4) is 0 Å². The molecule has 7 nitrogen and oxygen atoms in total. The van der Waals surface area contributed by atoms with Gasteiger partial charge in [0.05, 0.1) is 20.3 Å². The van der Waals surface area contributed by atoms with E-state index < -0.39 is 24.0 Å². The molecule has 0 saturated carbocycles. The Balaban J connectivity index is 2.83. The van der Waals surface area contributed by atoms with E-state index in [0.29, 0.717) is 18.1 Å². The molecule has 1 amide bonds. The summed E-state index contributed by atoms with van der Waals surface area (Å²) in [5, 5.41) is 20.7. The predicted octanol–water partition coefficient (Wildman–Crippen LogP) is 0.659. The number of ether oxygens (including phenoxy) is 2. The molecule has 1 aromatic rings.